The number of esters is 1. The number of ether oxygens (including phenoxy) is 1. The van der Waals surface area contributed by atoms with Crippen LogP contribution in [0.1, 0.15) is 0 Å². The van der Waals surface area contributed by atoms with Crippen LogP contribution in [0.5, 0.6) is 0 Å². The van der Waals surface area contributed by atoms with Crippen molar-refractivity contribution in [1.82, 2.24) is 4.57 Å². The second-order valence-corrected chi connectivity index (χ2v) is 4.63. The van der Waals surface area contributed by atoms with Crippen molar-refractivity contribution in [3.05, 3.63) is 60.8 Å². The fraction of sp³-hybridized carbons (Fsp3) is 0.118. The molecule has 100 valence electrons. The molecule has 1 aromatic heterocycles. The van der Waals surface area contributed by atoms with Crippen LogP contribution in [0.4, 0.5) is 0 Å². The van der Waals surface area contributed by atoms with Gasteiger partial charge in [-0.05, 0) is 11.6 Å². The Morgan fingerprint density at radius 2 is 1.75 bits per heavy atom. The van der Waals surface area contributed by atoms with Crippen LogP contribution in [0.3, 0.4) is 0 Å². The Kier molecular flexibility index (Phi) is 3.25. The van der Waals surface area contributed by atoms with E-state index in [4.69, 9.17) is 4.74 Å². The summed E-state index contributed by atoms with van der Waals surface area (Å²) in [5, 5.41) is 1.14. The summed E-state index contributed by atoms with van der Waals surface area (Å²) in [4.78, 5) is 11.5. The van der Waals surface area contributed by atoms with E-state index in [0.29, 0.717) is 0 Å². The number of nitrogens with zero attached hydrogens (tertiary/aromatic N) is 1. The van der Waals surface area contributed by atoms with Crippen LogP contribution in [0.25, 0.3) is 22.0 Å². The summed E-state index contributed by atoms with van der Waals surface area (Å²) in [6.45, 7) is 0.226. The average Bonchev–Trinajstić information content (AvgIpc) is 2.87. The van der Waals surface area contributed by atoms with Crippen molar-refractivity contribution < 1.29 is 9.53 Å². The third-order valence-corrected chi connectivity index (χ3v) is 3.40. The minimum Gasteiger partial charge on any atom is -0.468 e. The second-order valence-electron chi connectivity index (χ2n) is 4.63. The van der Waals surface area contributed by atoms with E-state index in [0.717, 1.165) is 22.0 Å². The molecule has 0 radical (unpaired) electrons. The Morgan fingerprint density at radius 1 is 1.05 bits per heavy atom. The first-order chi connectivity index (χ1) is 9.79. The summed E-state index contributed by atoms with van der Waals surface area (Å²) in [6, 6.07) is 18.3. The van der Waals surface area contributed by atoms with Crippen LogP contribution in [0, 0.1) is 0 Å². The Morgan fingerprint density at radius 3 is 2.50 bits per heavy atom. The number of rotatable bonds is 3. The molecule has 0 fully saturated rings. The van der Waals surface area contributed by atoms with Crippen molar-refractivity contribution in [2.24, 2.45) is 0 Å². The smallest absolute Gasteiger partial charge is 0.325 e. The SMILES string of the molecule is COC(=O)Cn1cc(-c2ccccc2)c2ccccc21. The molecule has 3 rings (SSSR count). The maximum Gasteiger partial charge on any atom is 0.325 e. The van der Waals surface area contributed by atoms with E-state index in [1.54, 1.807) is 0 Å². The fourth-order valence-electron chi connectivity index (χ4n) is 2.43. The van der Waals surface area contributed by atoms with Gasteiger partial charge in [-0.3, -0.25) is 4.79 Å². The van der Waals surface area contributed by atoms with Gasteiger partial charge in [0.1, 0.15) is 6.54 Å². The molecule has 0 atom stereocenters. The van der Waals surface area contributed by atoms with E-state index in [-0.39, 0.29) is 12.5 Å². The lowest BCUT2D eigenvalue weighted by Crippen LogP contribution is -2.10. The van der Waals surface area contributed by atoms with Crippen LogP contribution in [0.2, 0.25) is 0 Å². The third-order valence-electron chi connectivity index (χ3n) is 3.40. The van der Waals surface area contributed by atoms with Gasteiger partial charge in [0.15, 0.2) is 0 Å². The molecule has 0 aliphatic rings. The molecular formula is C17H15NO2. The molecule has 0 unspecified atom stereocenters. The highest BCUT2D eigenvalue weighted by Gasteiger charge is 2.11. The minimum absolute atomic E-state index is 0.226. The van der Waals surface area contributed by atoms with Gasteiger partial charge in [-0.1, -0.05) is 48.5 Å². The predicted octanol–water partition coefficient (Wildman–Crippen LogP) is 3.48. The standard InChI is InChI=1S/C17H15NO2/c1-20-17(19)12-18-11-15(13-7-3-2-4-8-13)14-9-5-6-10-16(14)18/h2-11H,12H2,1H3. The summed E-state index contributed by atoms with van der Waals surface area (Å²) in [7, 11) is 1.41. The quantitative estimate of drug-likeness (QED) is 0.679. The summed E-state index contributed by atoms with van der Waals surface area (Å²) in [6.07, 6.45) is 2.01. The Bertz CT molecular complexity index is 744. The van der Waals surface area contributed by atoms with E-state index in [9.17, 15) is 4.79 Å². The van der Waals surface area contributed by atoms with Crippen LogP contribution in [-0.4, -0.2) is 17.6 Å². The lowest BCUT2D eigenvalue weighted by Gasteiger charge is -2.02. The van der Waals surface area contributed by atoms with E-state index >= 15 is 0 Å². The van der Waals surface area contributed by atoms with Gasteiger partial charge in [0.25, 0.3) is 0 Å². The van der Waals surface area contributed by atoms with Crippen LogP contribution < -0.4 is 0 Å². The number of methoxy groups -OCH3 is 1. The molecular weight excluding hydrogens is 250 g/mol. The molecule has 0 aliphatic heterocycles. The van der Waals surface area contributed by atoms with Gasteiger partial charge in [-0.15, -0.1) is 0 Å². The summed E-state index contributed by atoms with van der Waals surface area (Å²) in [5.74, 6) is -0.245. The first-order valence-electron chi connectivity index (χ1n) is 6.49. The molecule has 0 bridgehead atoms. The highest BCUT2D eigenvalue weighted by Crippen LogP contribution is 2.30. The zero-order chi connectivity index (χ0) is 13.9. The Hall–Kier alpha value is -2.55. The Labute approximate surface area is 117 Å². The number of carbonyl (C=O) groups excluding carboxylic acids is 1. The van der Waals surface area contributed by atoms with Gasteiger partial charge in [-0.2, -0.15) is 0 Å². The topological polar surface area (TPSA) is 31.2 Å². The highest BCUT2D eigenvalue weighted by atomic mass is 16.5. The first-order valence-corrected chi connectivity index (χ1v) is 6.49. The van der Waals surface area contributed by atoms with Gasteiger partial charge in [0.05, 0.1) is 7.11 Å². The number of aromatic nitrogens is 1. The van der Waals surface area contributed by atoms with Gasteiger partial charge >= 0.3 is 5.97 Å². The number of carbonyl (C=O) groups is 1. The molecule has 3 nitrogen and oxygen atoms in total. The molecule has 20 heavy (non-hydrogen) atoms. The lowest BCUT2D eigenvalue weighted by molar-refractivity contribution is -0.141. The number of benzene rings is 2. The van der Waals surface area contributed by atoms with E-state index < -0.39 is 0 Å². The van der Waals surface area contributed by atoms with Gasteiger partial charge in [0.2, 0.25) is 0 Å². The van der Waals surface area contributed by atoms with Crippen molar-refractivity contribution in [1.29, 1.82) is 0 Å². The van der Waals surface area contributed by atoms with E-state index in [2.05, 4.69) is 18.2 Å². The lowest BCUT2D eigenvalue weighted by atomic mass is 10.1. The Balaban J connectivity index is 2.16. The second kappa shape index (κ2) is 5.21. The molecule has 0 N–H and O–H groups in total. The molecule has 0 aliphatic carbocycles. The van der Waals surface area contributed by atoms with Crippen LogP contribution in [-0.2, 0) is 16.1 Å². The zero-order valence-electron chi connectivity index (χ0n) is 11.2. The normalized spacial score (nSPS) is 10.7. The molecule has 2 aromatic carbocycles. The van der Waals surface area contributed by atoms with Gasteiger partial charge in [0, 0.05) is 22.7 Å². The van der Waals surface area contributed by atoms with Crippen molar-refractivity contribution in [3.8, 4) is 11.1 Å². The summed E-state index contributed by atoms with van der Waals surface area (Å²) in [5.41, 5.74) is 3.31. The number of hydrogen-bond acceptors (Lipinski definition) is 2. The third kappa shape index (κ3) is 2.18. The van der Waals surface area contributed by atoms with Crippen LogP contribution >= 0.6 is 0 Å². The maximum absolute atomic E-state index is 11.5. The molecule has 0 saturated carbocycles. The monoisotopic (exact) mass is 265 g/mol. The molecule has 3 aromatic rings. The number of fused-ring (bicyclic) bond motifs is 1. The molecule has 0 saturated heterocycles. The molecule has 1 heterocycles. The first kappa shape index (κ1) is 12.5. The van der Waals surface area contributed by atoms with Crippen molar-refractivity contribution in [2.75, 3.05) is 7.11 Å². The van der Waals surface area contributed by atoms with Gasteiger partial charge < -0.3 is 9.30 Å². The minimum atomic E-state index is -0.245. The zero-order valence-corrected chi connectivity index (χ0v) is 11.2. The largest absolute Gasteiger partial charge is 0.468 e. The van der Waals surface area contributed by atoms with Crippen molar-refractivity contribution in [2.45, 2.75) is 6.54 Å². The van der Waals surface area contributed by atoms with E-state index in [1.807, 2.05) is 47.2 Å². The number of hydrogen-bond donors (Lipinski definition) is 0. The summed E-state index contributed by atoms with van der Waals surface area (Å²) >= 11 is 0. The van der Waals surface area contributed by atoms with E-state index in [1.165, 1.54) is 7.11 Å². The van der Waals surface area contributed by atoms with Gasteiger partial charge in [-0.25, -0.2) is 0 Å². The average molecular weight is 265 g/mol. The van der Waals surface area contributed by atoms with Crippen molar-refractivity contribution in [3.63, 3.8) is 0 Å². The molecule has 0 spiro atoms. The van der Waals surface area contributed by atoms with Crippen LogP contribution in [0.15, 0.2) is 60.8 Å². The van der Waals surface area contributed by atoms with Crippen molar-refractivity contribution >= 4 is 16.9 Å². The highest BCUT2D eigenvalue weighted by molar-refractivity contribution is 5.96. The maximum atomic E-state index is 11.5. The molecule has 3 heteroatoms. The number of para-hydroxylation sites is 1. The predicted molar refractivity (Wildman–Crippen MR) is 79.4 cm³/mol. The molecule has 0 amide bonds. The summed E-state index contributed by atoms with van der Waals surface area (Å²) < 4.78 is 6.69. The fourth-order valence-corrected chi connectivity index (χ4v) is 2.43.